The molecule has 2 aromatic rings. The summed E-state index contributed by atoms with van der Waals surface area (Å²) in [5.74, 6) is -1.21. The maximum Gasteiger partial charge on any atom is 0.337 e. The highest BCUT2D eigenvalue weighted by atomic mass is 79.9. The third-order valence-corrected chi connectivity index (χ3v) is 6.54. The number of ether oxygens (including phenoxy) is 3. The van der Waals surface area contributed by atoms with Gasteiger partial charge in [0.15, 0.2) is 11.5 Å². The van der Waals surface area contributed by atoms with E-state index in [1.165, 1.54) is 70.2 Å². The van der Waals surface area contributed by atoms with Crippen molar-refractivity contribution in [2.75, 3.05) is 25.7 Å². The molecule has 0 atom stereocenters. The lowest BCUT2D eigenvalue weighted by atomic mass is 10.1. The normalized spacial score (nSPS) is 14.5. The minimum atomic E-state index is -0.889. The smallest absolute Gasteiger partial charge is 0.337 e. The average molecular weight is 587 g/mol. The predicted molar refractivity (Wildman–Crippen MR) is 146 cm³/mol. The number of anilines is 1. The van der Waals surface area contributed by atoms with Crippen molar-refractivity contribution in [1.82, 2.24) is 5.32 Å². The molecular weight excluding hydrogens is 556 g/mol. The lowest BCUT2D eigenvalue weighted by Gasteiger charge is -2.26. The van der Waals surface area contributed by atoms with Crippen molar-refractivity contribution in [2.24, 2.45) is 0 Å². The Kier molecular flexibility index (Phi) is 10.5. The molecule has 2 aromatic carbocycles. The van der Waals surface area contributed by atoms with E-state index < -0.39 is 23.8 Å². The summed E-state index contributed by atoms with van der Waals surface area (Å²) in [6.45, 7) is 2.72. The van der Waals surface area contributed by atoms with E-state index in [9.17, 15) is 19.2 Å². The zero-order valence-electron chi connectivity index (χ0n) is 21.7. The first-order valence-corrected chi connectivity index (χ1v) is 13.2. The number of unbranched alkanes of at least 4 members (excludes halogenated alkanes) is 5. The molecule has 0 radical (unpaired) electrons. The van der Waals surface area contributed by atoms with E-state index in [4.69, 9.17) is 9.47 Å². The number of nitrogens with zero attached hydrogens (tertiary/aromatic N) is 1. The number of amides is 4. The Hall–Kier alpha value is -3.66. The van der Waals surface area contributed by atoms with Gasteiger partial charge in [-0.25, -0.2) is 14.5 Å². The number of halogens is 1. The minimum absolute atomic E-state index is 0.191. The molecule has 0 spiro atoms. The summed E-state index contributed by atoms with van der Waals surface area (Å²) < 4.78 is 16.7. The number of esters is 1. The third-order valence-electron chi connectivity index (χ3n) is 5.96. The molecule has 202 valence electrons. The molecule has 38 heavy (non-hydrogen) atoms. The van der Waals surface area contributed by atoms with Crippen LogP contribution in [0, 0.1) is 0 Å². The number of barbiturate groups is 1. The summed E-state index contributed by atoms with van der Waals surface area (Å²) in [6.07, 6.45) is 8.23. The van der Waals surface area contributed by atoms with Gasteiger partial charge in [0.25, 0.3) is 11.8 Å². The van der Waals surface area contributed by atoms with Crippen LogP contribution in [0.5, 0.6) is 11.5 Å². The van der Waals surface area contributed by atoms with Gasteiger partial charge in [0.2, 0.25) is 0 Å². The number of hydrogen-bond acceptors (Lipinski definition) is 7. The highest BCUT2D eigenvalue weighted by Gasteiger charge is 2.37. The average Bonchev–Trinajstić information content (AvgIpc) is 2.91. The van der Waals surface area contributed by atoms with Gasteiger partial charge in [0.05, 0.1) is 36.6 Å². The molecular formula is C28H31BrN2O7. The van der Waals surface area contributed by atoms with Gasteiger partial charge in [-0.3, -0.25) is 14.9 Å². The molecule has 1 heterocycles. The van der Waals surface area contributed by atoms with Crippen LogP contribution in [0.15, 0.2) is 46.4 Å². The molecule has 1 aliphatic heterocycles. The zero-order valence-corrected chi connectivity index (χ0v) is 23.3. The molecule has 0 aliphatic carbocycles. The molecule has 9 nitrogen and oxygen atoms in total. The Labute approximate surface area is 230 Å². The number of carbonyl (C=O) groups excluding carboxylic acids is 4. The predicted octanol–water partition coefficient (Wildman–Crippen LogP) is 5.65. The molecule has 1 aliphatic rings. The fraction of sp³-hybridized carbons (Fsp3) is 0.357. The van der Waals surface area contributed by atoms with Crippen molar-refractivity contribution >= 4 is 51.5 Å². The topological polar surface area (TPSA) is 111 Å². The van der Waals surface area contributed by atoms with Crippen LogP contribution in [-0.2, 0) is 14.3 Å². The van der Waals surface area contributed by atoms with E-state index in [1.54, 1.807) is 12.1 Å². The van der Waals surface area contributed by atoms with Crippen LogP contribution in [0.25, 0.3) is 6.08 Å². The molecule has 0 saturated carbocycles. The third kappa shape index (κ3) is 7.00. The van der Waals surface area contributed by atoms with Crippen LogP contribution < -0.4 is 19.7 Å². The molecule has 0 unspecified atom stereocenters. The largest absolute Gasteiger partial charge is 0.493 e. The molecule has 10 heteroatoms. The van der Waals surface area contributed by atoms with Crippen LogP contribution >= 0.6 is 15.9 Å². The highest BCUT2D eigenvalue weighted by Crippen LogP contribution is 2.37. The van der Waals surface area contributed by atoms with Gasteiger partial charge in [-0.15, -0.1) is 0 Å². The first kappa shape index (κ1) is 28.9. The van der Waals surface area contributed by atoms with Crippen molar-refractivity contribution < 1.29 is 33.4 Å². The number of carbonyl (C=O) groups is 4. The van der Waals surface area contributed by atoms with Crippen LogP contribution in [0.1, 0.15) is 61.4 Å². The second-order valence-corrected chi connectivity index (χ2v) is 9.50. The first-order chi connectivity index (χ1) is 18.3. The molecule has 4 amide bonds. The van der Waals surface area contributed by atoms with Crippen molar-refractivity contribution in [3.8, 4) is 11.5 Å². The summed E-state index contributed by atoms with van der Waals surface area (Å²) in [4.78, 5) is 50.8. The molecule has 1 fully saturated rings. The minimum Gasteiger partial charge on any atom is -0.493 e. The summed E-state index contributed by atoms with van der Waals surface area (Å²) in [7, 11) is 2.76. The molecule has 0 bridgehead atoms. The number of imide groups is 2. The number of rotatable bonds is 12. The summed E-state index contributed by atoms with van der Waals surface area (Å²) in [6, 6.07) is 8.17. The van der Waals surface area contributed by atoms with Gasteiger partial charge in [0, 0.05) is 0 Å². The maximum atomic E-state index is 13.2. The van der Waals surface area contributed by atoms with E-state index in [1.807, 2.05) is 0 Å². The number of hydrogen-bond donors (Lipinski definition) is 1. The standard InChI is InChI=1S/C28H31BrN2O7/c1-4-5-6-7-8-9-14-38-24-22(29)16-18(17-23(24)36-2)15-21-25(32)30-28(35)31(26(21)33)20-12-10-19(11-13-20)27(34)37-3/h10-13,15-17H,4-9,14H2,1-3H3,(H,30,32,35)/b21-15-. The second kappa shape index (κ2) is 13.8. The van der Waals surface area contributed by atoms with Gasteiger partial charge < -0.3 is 14.2 Å². The van der Waals surface area contributed by atoms with E-state index in [0.29, 0.717) is 28.1 Å². The monoisotopic (exact) mass is 586 g/mol. The number of nitrogens with one attached hydrogen (secondary N) is 1. The summed E-state index contributed by atoms with van der Waals surface area (Å²) in [5, 5.41) is 2.18. The van der Waals surface area contributed by atoms with Gasteiger partial charge >= 0.3 is 12.0 Å². The van der Waals surface area contributed by atoms with Crippen molar-refractivity contribution in [3.63, 3.8) is 0 Å². The van der Waals surface area contributed by atoms with Gasteiger partial charge in [0.1, 0.15) is 5.57 Å². The summed E-state index contributed by atoms with van der Waals surface area (Å²) in [5.41, 5.74) is 0.699. The van der Waals surface area contributed by atoms with Crippen LogP contribution in [0.2, 0.25) is 0 Å². The van der Waals surface area contributed by atoms with Gasteiger partial charge in [-0.05, 0) is 70.4 Å². The summed E-state index contributed by atoms with van der Waals surface area (Å²) >= 11 is 3.50. The Bertz CT molecular complexity index is 1220. The SMILES string of the molecule is CCCCCCCCOc1c(Br)cc(/C=C2/C(=O)NC(=O)N(c3ccc(C(=O)OC)cc3)C2=O)cc1OC. The van der Waals surface area contributed by atoms with Crippen molar-refractivity contribution in [2.45, 2.75) is 45.4 Å². The van der Waals surface area contributed by atoms with Gasteiger partial charge in [-0.2, -0.15) is 0 Å². The first-order valence-electron chi connectivity index (χ1n) is 12.4. The van der Waals surface area contributed by atoms with Crippen LogP contribution in [0.4, 0.5) is 10.5 Å². The van der Waals surface area contributed by atoms with E-state index >= 15 is 0 Å². The number of methoxy groups -OCH3 is 2. The lowest BCUT2D eigenvalue weighted by Crippen LogP contribution is -2.54. The van der Waals surface area contributed by atoms with Gasteiger partial charge in [-0.1, -0.05) is 39.0 Å². The molecule has 1 saturated heterocycles. The number of benzene rings is 2. The van der Waals surface area contributed by atoms with E-state index in [0.717, 1.165) is 17.7 Å². The Balaban J connectivity index is 1.80. The van der Waals surface area contributed by atoms with Crippen LogP contribution in [0.3, 0.4) is 0 Å². The Morgan fingerprint density at radius 3 is 2.34 bits per heavy atom. The zero-order chi connectivity index (χ0) is 27.7. The number of urea groups is 1. The molecule has 3 rings (SSSR count). The Morgan fingerprint density at radius 1 is 1.00 bits per heavy atom. The fourth-order valence-corrected chi connectivity index (χ4v) is 4.52. The molecule has 1 N–H and O–H groups in total. The molecule has 0 aromatic heterocycles. The second-order valence-electron chi connectivity index (χ2n) is 8.65. The quantitative estimate of drug-likeness (QED) is 0.148. The lowest BCUT2D eigenvalue weighted by molar-refractivity contribution is -0.122. The highest BCUT2D eigenvalue weighted by molar-refractivity contribution is 9.10. The fourth-order valence-electron chi connectivity index (χ4n) is 3.94. The van der Waals surface area contributed by atoms with Crippen LogP contribution in [-0.4, -0.2) is 44.6 Å². The van der Waals surface area contributed by atoms with E-state index in [2.05, 4.69) is 32.9 Å². The van der Waals surface area contributed by atoms with Crippen molar-refractivity contribution in [3.05, 3.63) is 57.6 Å². The maximum absolute atomic E-state index is 13.2. The Morgan fingerprint density at radius 2 is 1.68 bits per heavy atom. The van der Waals surface area contributed by atoms with Crippen molar-refractivity contribution in [1.29, 1.82) is 0 Å². The van der Waals surface area contributed by atoms with E-state index in [-0.39, 0.29) is 16.8 Å².